The van der Waals surface area contributed by atoms with Crippen LogP contribution in [-0.4, -0.2) is 29.2 Å². The minimum absolute atomic E-state index is 0.460. The van der Waals surface area contributed by atoms with Gasteiger partial charge in [-0.1, -0.05) is 37.3 Å². The molecule has 0 radical (unpaired) electrons. The Hall–Kier alpha value is -3.17. The summed E-state index contributed by atoms with van der Waals surface area (Å²) >= 11 is 1.20. The van der Waals surface area contributed by atoms with Crippen LogP contribution in [0.4, 0.5) is 5.69 Å². The minimum Gasteiger partial charge on any atom is -0.443 e. The molecule has 3 rings (SSSR count). The lowest BCUT2D eigenvalue weighted by Gasteiger charge is -2.13. The molecule has 0 spiro atoms. The largest absolute Gasteiger partial charge is 0.443 e. The summed E-state index contributed by atoms with van der Waals surface area (Å²) < 4.78 is 10.6. The predicted molar refractivity (Wildman–Crippen MR) is 119 cm³/mol. The molecule has 2 aromatic carbocycles. The monoisotopic (exact) mass is 404 g/mol. The SMILES string of the molecule is CCCN(C)C=Nc1cc(C)c(Oc2snc(-c3ccccc3)c2C#N)cc1C. The molecule has 0 fully saturated rings. The van der Waals surface area contributed by atoms with Gasteiger partial charge in [0.2, 0.25) is 5.06 Å². The average Bonchev–Trinajstić information content (AvgIpc) is 3.13. The number of aromatic nitrogens is 1. The molecule has 0 aliphatic carbocycles. The molecule has 0 aliphatic heterocycles. The Bertz CT molecular complexity index is 1050. The second kappa shape index (κ2) is 9.35. The zero-order valence-electron chi connectivity index (χ0n) is 17.1. The number of aliphatic imine (C=N–C) groups is 1. The van der Waals surface area contributed by atoms with Crippen molar-refractivity contribution in [1.82, 2.24) is 9.27 Å². The van der Waals surface area contributed by atoms with Gasteiger partial charge in [-0.25, -0.2) is 4.99 Å². The van der Waals surface area contributed by atoms with Gasteiger partial charge >= 0.3 is 0 Å². The van der Waals surface area contributed by atoms with Crippen molar-refractivity contribution < 1.29 is 4.74 Å². The molecular formula is C23H24N4OS. The lowest BCUT2D eigenvalue weighted by atomic mass is 10.1. The van der Waals surface area contributed by atoms with Crippen LogP contribution in [0.5, 0.6) is 10.8 Å². The van der Waals surface area contributed by atoms with Gasteiger partial charge in [0.25, 0.3) is 0 Å². The van der Waals surface area contributed by atoms with Crippen LogP contribution >= 0.6 is 11.5 Å². The molecule has 29 heavy (non-hydrogen) atoms. The quantitative estimate of drug-likeness (QED) is 0.353. The highest BCUT2D eigenvalue weighted by molar-refractivity contribution is 7.08. The van der Waals surface area contributed by atoms with Crippen LogP contribution < -0.4 is 4.74 Å². The van der Waals surface area contributed by atoms with Crippen molar-refractivity contribution in [2.45, 2.75) is 27.2 Å². The van der Waals surface area contributed by atoms with Crippen LogP contribution in [0.25, 0.3) is 11.3 Å². The van der Waals surface area contributed by atoms with Crippen molar-refractivity contribution in [2.75, 3.05) is 13.6 Å². The number of ether oxygens (including phenoxy) is 1. The summed E-state index contributed by atoms with van der Waals surface area (Å²) in [5.74, 6) is 0.711. The molecule has 0 saturated heterocycles. The predicted octanol–water partition coefficient (Wildman–Crippen LogP) is 6.09. The highest BCUT2D eigenvalue weighted by Crippen LogP contribution is 2.38. The van der Waals surface area contributed by atoms with E-state index in [1.165, 1.54) is 11.5 Å². The zero-order valence-corrected chi connectivity index (χ0v) is 18.0. The van der Waals surface area contributed by atoms with Gasteiger partial charge in [-0.15, -0.1) is 0 Å². The number of hydrogen-bond donors (Lipinski definition) is 0. The summed E-state index contributed by atoms with van der Waals surface area (Å²) in [5, 5.41) is 10.2. The maximum absolute atomic E-state index is 9.67. The second-order valence-corrected chi connectivity index (χ2v) is 7.64. The van der Waals surface area contributed by atoms with Crippen LogP contribution in [-0.2, 0) is 0 Å². The van der Waals surface area contributed by atoms with Gasteiger partial charge in [-0.05, 0) is 43.5 Å². The Morgan fingerprint density at radius 3 is 2.66 bits per heavy atom. The molecule has 0 unspecified atom stereocenters. The lowest BCUT2D eigenvalue weighted by Crippen LogP contribution is -2.16. The van der Waals surface area contributed by atoms with E-state index in [4.69, 9.17) is 4.74 Å². The maximum Gasteiger partial charge on any atom is 0.218 e. The van der Waals surface area contributed by atoms with E-state index in [1.54, 1.807) is 0 Å². The third-order valence-electron chi connectivity index (χ3n) is 4.49. The molecule has 148 valence electrons. The molecule has 1 aromatic heterocycles. The number of nitrogens with zero attached hydrogens (tertiary/aromatic N) is 4. The molecule has 0 atom stereocenters. The molecular weight excluding hydrogens is 380 g/mol. The molecule has 1 heterocycles. The summed E-state index contributed by atoms with van der Waals surface area (Å²) in [6.07, 6.45) is 2.93. The topological polar surface area (TPSA) is 61.5 Å². The van der Waals surface area contributed by atoms with E-state index in [2.05, 4.69) is 27.3 Å². The number of benzene rings is 2. The smallest absolute Gasteiger partial charge is 0.218 e. The Morgan fingerprint density at radius 1 is 1.21 bits per heavy atom. The van der Waals surface area contributed by atoms with E-state index in [0.29, 0.717) is 22.1 Å². The Kier molecular flexibility index (Phi) is 6.63. The molecule has 3 aromatic rings. The van der Waals surface area contributed by atoms with Crippen molar-refractivity contribution in [3.05, 3.63) is 59.2 Å². The summed E-state index contributed by atoms with van der Waals surface area (Å²) in [7, 11) is 2.02. The normalized spacial score (nSPS) is 10.9. The summed E-state index contributed by atoms with van der Waals surface area (Å²) in [5.41, 5.74) is 4.90. The third kappa shape index (κ3) is 4.82. The fourth-order valence-electron chi connectivity index (χ4n) is 2.93. The molecule has 0 amide bonds. The van der Waals surface area contributed by atoms with Crippen molar-refractivity contribution in [3.63, 3.8) is 0 Å². The third-order valence-corrected chi connectivity index (χ3v) is 5.21. The van der Waals surface area contributed by atoms with Crippen LogP contribution in [0, 0.1) is 25.2 Å². The van der Waals surface area contributed by atoms with E-state index in [9.17, 15) is 5.26 Å². The first-order valence-electron chi connectivity index (χ1n) is 9.52. The molecule has 0 aliphatic rings. The van der Waals surface area contributed by atoms with Gasteiger partial charge in [0, 0.05) is 30.7 Å². The van der Waals surface area contributed by atoms with Gasteiger partial charge < -0.3 is 9.64 Å². The fraction of sp³-hybridized carbons (Fsp3) is 0.261. The fourth-order valence-corrected chi connectivity index (χ4v) is 3.66. The van der Waals surface area contributed by atoms with E-state index in [-0.39, 0.29) is 0 Å². The second-order valence-electron chi connectivity index (χ2n) is 6.90. The molecule has 5 nitrogen and oxygen atoms in total. The highest BCUT2D eigenvalue weighted by atomic mass is 32.1. The average molecular weight is 405 g/mol. The lowest BCUT2D eigenvalue weighted by molar-refractivity contribution is 0.491. The molecule has 0 saturated carbocycles. The summed E-state index contributed by atoms with van der Waals surface area (Å²) in [6.45, 7) is 7.10. The highest BCUT2D eigenvalue weighted by Gasteiger charge is 2.18. The van der Waals surface area contributed by atoms with E-state index >= 15 is 0 Å². The number of rotatable bonds is 7. The van der Waals surface area contributed by atoms with Crippen molar-refractivity contribution in [2.24, 2.45) is 4.99 Å². The summed E-state index contributed by atoms with van der Waals surface area (Å²) in [4.78, 5) is 6.66. The Morgan fingerprint density at radius 2 is 1.97 bits per heavy atom. The van der Waals surface area contributed by atoms with Crippen molar-refractivity contribution in [3.8, 4) is 28.1 Å². The van der Waals surface area contributed by atoms with Crippen LogP contribution in [0.1, 0.15) is 30.0 Å². The van der Waals surface area contributed by atoms with Crippen LogP contribution in [0.3, 0.4) is 0 Å². The maximum atomic E-state index is 9.67. The number of nitriles is 1. The first kappa shape index (κ1) is 20.6. The van der Waals surface area contributed by atoms with Crippen molar-refractivity contribution in [1.29, 1.82) is 5.26 Å². The van der Waals surface area contributed by atoms with Gasteiger partial charge in [0.05, 0.1) is 12.0 Å². The van der Waals surface area contributed by atoms with E-state index in [0.717, 1.165) is 35.3 Å². The van der Waals surface area contributed by atoms with Gasteiger partial charge in [-0.3, -0.25) is 0 Å². The molecule has 0 bridgehead atoms. The Balaban J connectivity index is 1.87. The number of aryl methyl sites for hydroxylation is 2. The standard InChI is InChI=1S/C23H24N4OS/c1-5-11-27(4)15-25-20-12-17(3)21(13-16(20)2)28-23-19(14-24)22(26-29-23)18-9-7-6-8-10-18/h6-10,12-13,15H,5,11H2,1-4H3. The molecule has 6 heteroatoms. The van der Waals surface area contributed by atoms with E-state index < -0.39 is 0 Å². The zero-order chi connectivity index (χ0) is 20.8. The summed E-state index contributed by atoms with van der Waals surface area (Å²) in [6, 6.07) is 15.9. The van der Waals surface area contributed by atoms with E-state index in [1.807, 2.05) is 69.7 Å². The Labute approximate surface area is 176 Å². The first-order valence-corrected chi connectivity index (χ1v) is 10.3. The number of hydrogen-bond acceptors (Lipinski definition) is 5. The van der Waals surface area contributed by atoms with Crippen LogP contribution in [0.15, 0.2) is 47.5 Å². The minimum atomic E-state index is 0.460. The van der Waals surface area contributed by atoms with Gasteiger partial charge in [0.1, 0.15) is 23.1 Å². The first-order chi connectivity index (χ1) is 14.0. The van der Waals surface area contributed by atoms with Crippen LogP contribution in [0.2, 0.25) is 0 Å². The molecule has 0 N–H and O–H groups in total. The van der Waals surface area contributed by atoms with Gasteiger partial charge in [-0.2, -0.15) is 9.64 Å². The van der Waals surface area contributed by atoms with Gasteiger partial charge in [0.15, 0.2) is 0 Å². The van der Waals surface area contributed by atoms with Crippen molar-refractivity contribution >= 4 is 23.6 Å².